The fourth-order valence-electron chi connectivity index (χ4n) is 4.08. The van der Waals surface area contributed by atoms with Crippen LogP contribution in [0.3, 0.4) is 0 Å². The Kier molecular flexibility index (Phi) is 6.48. The molecule has 1 fully saturated rings. The second-order valence-electron chi connectivity index (χ2n) is 8.10. The number of urea groups is 1. The fraction of sp³-hybridized carbons (Fsp3) is 0.200. The van der Waals surface area contributed by atoms with Crippen molar-refractivity contribution in [3.05, 3.63) is 70.7 Å². The summed E-state index contributed by atoms with van der Waals surface area (Å²) in [5, 5.41) is 10.5. The molecule has 1 aliphatic rings. The van der Waals surface area contributed by atoms with E-state index in [1.54, 1.807) is 0 Å². The average molecular weight is 522 g/mol. The number of rotatable bonds is 5. The Labute approximate surface area is 205 Å². The van der Waals surface area contributed by atoms with Crippen LogP contribution in [0.2, 0.25) is 0 Å². The Morgan fingerprint density at radius 3 is 2.56 bits per heavy atom. The molecule has 0 saturated carbocycles. The van der Waals surface area contributed by atoms with E-state index in [1.165, 1.54) is 0 Å². The van der Waals surface area contributed by atoms with E-state index in [0.717, 1.165) is 59.4 Å². The number of hydrogen-bond acceptors (Lipinski definition) is 6. The van der Waals surface area contributed by atoms with Gasteiger partial charge in [-0.1, -0.05) is 51.4 Å². The maximum atomic E-state index is 12.3. The number of hydrogen-bond donors (Lipinski definition) is 3. The predicted molar refractivity (Wildman–Crippen MR) is 137 cm³/mol. The zero-order valence-corrected chi connectivity index (χ0v) is 20.0. The first-order valence-corrected chi connectivity index (χ1v) is 11.8. The molecule has 8 nitrogen and oxygen atoms in total. The first-order chi connectivity index (χ1) is 16.6. The van der Waals surface area contributed by atoms with Crippen LogP contribution in [0.15, 0.2) is 69.7 Å². The molecule has 1 aliphatic heterocycles. The summed E-state index contributed by atoms with van der Waals surface area (Å²) < 4.78 is 12.0. The third kappa shape index (κ3) is 4.91. The van der Waals surface area contributed by atoms with Gasteiger partial charge in [-0.15, -0.1) is 0 Å². The number of morpholine rings is 1. The van der Waals surface area contributed by atoms with Gasteiger partial charge in [-0.2, -0.15) is 0 Å². The number of nitrogen functional groups attached to an aromatic ring is 1. The molecule has 0 aliphatic carbocycles. The second kappa shape index (κ2) is 9.84. The number of anilines is 3. The molecule has 5 rings (SSSR count). The van der Waals surface area contributed by atoms with Crippen LogP contribution in [-0.2, 0) is 11.3 Å². The molecule has 0 atom stereocenters. The Morgan fingerprint density at radius 1 is 1.03 bits per heavy atom. The van der Waals surface area contributed by atoms with Crippen LogP contribution < -0.4 is 16.4 Å². The van der Waals surface area contributed by atoms with Gasteiger partial charge >= 0.3 is 6.03 Å². The van der Waals surface area contributed by atoms with Crippen LogP contribution in [-0.4, -0.2) is 42.4 Å². The van der Waals surface area contributed by atoms with Crippen LogP contribution in [0.1, 0.15) is 5.56 Å². The van der Waals surface area contributed by atoms with E-state index < -0.39 is 0 Å². The Balaban J connectivity index is 1.34. The molecule has 2 amide bonds. The van der Waals surface area contributed by atoms with Crippen molar-refractivity contribution in [3.63, 3.8) is 0 Å². The van der Waals surface area contributed by atoms with Gasteiger partial charge in [0.05, 0.1) is 18.6 Å². The summed E-state index contributed by atoms with van der Waals surface area (Å²) in [6, 6.07) is 18.8. The van der Waals surface area contributed by atoms with Gasteiger partial charge in [-0.3, -0.25) is 4.90 Å². The smallest absolute Gasteiger partial charge is 0.323 e. The van der Waals surface area contributed by atoms with Crippen molar-refractivity contribution in [2.24, 2.45) is 0 Å². The molecule has 3 aromatic carbocycles. The molecular weight excluding hydrogens is 498 g/mol. The number of benzene rings is 3. The molecule has 0 bridgehead atoms. The molecule has 0 spiro atoms. The third-order valence-electron chi connectivity index (χ3n) is 5.76. The normalized spacial score (nSPS) is 14.3. The number of halogens is 1. The van der Waals surface area contributed by atoms with Gasteiger partial charge in [-0.25, -0.2) is 4.79 Å². The van der Waals surface area contributed by atoms with Gasteiger partial charge < -0.3 is 25.6 Å². The summed E-state index contributed by atoms with van der Waals surface area (Å²) in [6.45, 7) is 4.00. The first-order valence-electron chi connectivity index (χ1n) is 11.0. The number of fused-ring (bicyclic) bond motifs is 1. The van der Waals surface area contributed by atoms with E-state index in [1.807, 2.05) is 54.6 Å². The SMILES string of the molecule is Nc1noc2c(CN3CCOCC3)ccc(-c3ccc(NC(=O)Nc4cccc(Br)c4)cc3)c12. The number of amides is 2. The van der Waals surface area contributed by atoms with Gasteiger partial charge in [0.1, 0.15) is 0 Å². The van der Waals surface area contributed by atoms with Crippen LogP contribution >= 0.6 is 15.9 Å². The third-order valence-corrected chi connectivity index (χ3v) is 6.26. The number of nitrogens with one attached hydrogen (secondary N) is 2. The van der Waals surface area contributed by atoms with Gasteiger partial charge in [0.15, 0.2) is 11.4 Å². The molecule has 4 N–H and O–H groups in total. The molecule has 9 heteroatoms. The van der Waals surface area contributed by atoms with Crippen molar-refractivity contribution < 1.29 is 14.1 Å². The minimum absolute atomic E-state index is 0.316. The number of nitrogens with two attached hydrogens (primary N) is 1. The van der Waals surface area contributed by atoms with Crippen molar-refractivity contribution in [1.82, 2.24) is 10.1 Å². The van der Waals surface area contributed by atoms with Gasteiger partial charge in [0, 0.05) is 41.0 Å². The number of ether oxygens (including phenoxy) is 1. The topological polar surface area (TPSA) is 106 Å². The van der Waals surface area contributed by atoms with E-state index in [4.69, 9.17) is 15.0 Å². The zero-order valence-electron chi connectivity index (χ0n) is 18.4. The van der Waals surface area contributed by atoms with Crippen molar-refractivity contribution in [2.75, 3.05) is 42.7 Å². The molecule has 2 heterocycles. The molecule has 174 valence electrons. The lowest BCUT2D eigenvalue weighted by Gasteiger charge is -2.26. The Morgan fingerprint density at radius 2 is 1.79 bits per heavy atom. The summed E-state index contributed by atoms with van der Waals surface area (Å²) in [6.07, 6.45) is 0. The minimum Gasteiger partial charge on any atom is -0.380 e. The zero-order chi connectivity index (χ0) is 23.5. The maximum Gasteiger partial charge on any atom is 0.323 e. The van der Waals surface area contributed by atoms with Crippen molar-refractivity contribution in [1.29, 1.82) is 0 Å². The average Bonchev–Trinajstić information content (AvgIpc) is 3.23. The molecule has 4 aromatic rings. The van der Waals surface area contributed by atoms with Crippen LogP contribution in [0.25, 0.3) is 22.1 Å². The van der Waals surface area contributed by atoms with Gasteiger partial charge in [0.2, 0.25) is 0 Å². The second-order valence-corrected chi connectivity index (χ2v) is 9.02. The monoisotopic (exact) mass is 521 g/mol. The van der Waals surface area contributed by atoms with Gasteiger partial charge in [0.25, 0.3) is 0 Å². The summed E-state index contributed by atoms with van der Waals surface area (Å²) in [5.41, 5.74) is 11.2. The van der Waals surface area contributed by atoms with Crippen molar-refractivity contribution in [2.45, 2.75) is 6.54 Å². The lowest BCUT2D eigenvalue weighted by atomic mass is 9.98. The van der Waals surface area contributed by atoms with E-state index in [9.17, 15) is 4.79 Å². The van der Waals surface area contributed by atoms with E-state index in [2.05, 4.69) is 42.7 Å². The lowest BCUT2D eigenvalue weighted by Crippen LogP contribution is -2.35. The standard InChI is InChI=1S/C25H24BrN5O3/c26-18-2-1-3-20(14-18)29-25(32)28-19-7-4-16(5-8-19)21-9-6-17(15-31-10-12-33-13-11-31)23-22(21)24(27)30-34-23/h1-9,14H,10-13,15H2,(H2,27,30)(H2,28,29,32). The summed E-state index contributed by atoms with van der Waals surface area (Å²) in [7, 11) is 0. The fourth-order valence-corrected chi connectivity index (χ4v) is 4.48. The Hall–Kier alpha value is -3.40. The summed E-state index contributed by atoms with van der Waals surface area (Å²) in [5.74, 6) is 0.365. The highest BCUT2D eigenvalue weighted by Crippen LogP contribution is 2.35. The highest BCUT2D eigenvalue weighted by Gasteiger charge is 2.19. The largest absolute Gasteiger partial charge is 0.380 e. The highest BCUT2D eigenvalue weighted by atomic mass is 79.9. The van der Waals surface area contributed by atoms with Crippen molar-refractivity contribution >= 4 is 50.1 Å². The summed E-state index contributed by atoms with van der Waals surface area (Å²) >= 11 is 3.40. The highest BCUT2D eigenvalue weighted by molar-refractivity contribution is 9.10. The van der Waals surface area contributed by atoms with Gasteiger partial charge in [-0.05, 0) is 41.5 Å². The number of aromatic nitrogens is 1. The molecule has 0 radical (unpaired) electrons. The van der Waals surface area contributed by atoms with Crippen LogP contribution in [0.4, 0.5) is 22.0 Å². The molecule has 1 saturated heterocycles. The molecule has 34 heavy (non-hydrogen) atoms. The quantitative estimate of drug-likeness (QED) is 0.328. The van der Waals surface area contributed by atoms with E-state index in [0.29, 0.717) is 22.8 Å². The maximum absolute atomic E-state index is 12.3. The molecule has 0 unspecified atom stereocenters. The summed E-state index contributed by atoms with van der Waals surface area (Å²) in [4.78, 5) is 14.7. The molecular formula is C25H24BrN5O3. The first kappa shape index (κ1) is 22.4. The Bertz CT molecular complexity index is 1320. The van der Waals surface area contributed by atoms with Crippen molar-refractivity contribution in [3.8, 4) is 11.1 Å². The molecule has 1 aromatic heterocycles. The minimum atomic E-state index is -0.316. The number of carbonyl (C=O) groups excluding carboxylic acids is 1. The lowest BCUT2D eigenvalue weighted by molar-refractivity contribution is 0.0342. The predicted octanol–water partition coefficient (Wildman–Crippen LogP) is 5.32. The van der Waals surface area contributed by atoms with E-state index >= 15 is 0 Å². The number of carbonyl (C=O) groups is 1. The van der Waals surface area contributed by atoms with Crippen LogP contribution in [0, 0.1) is 0 Å². The van der Waals surface area contributed by atoms with Crippen LogP contribution in [0.5, 0.6) is 0 Å². The number of nitrogens with zero attached hydrogens (tertiary/aromatic N) is 2. The van der Waals surface area contributed by atoms with E-state index in [-0.39, 0.29) is 6.03 Å².